The van der Waals surface area contributed by atoms with Gasteiger partial charge in [0, 0.05) is 43.8 Å². The van der Waals surface area contributed by atoms with Crippen molar-refractivity contribution in [3.05, 3.63) is 42.6 Å². The minimum atomic E-state index is 0.0543. The molecule has 1 aliphatic heterocycles. The van der Waals surface area contributed by atoms with Crippen molar-refractivity contribution in [2.24, 2.45) is 0 Å². The zero-order valence-corrected chi connectivity index (χ0v) is 12.6. The smallest absolute Gasteiger partial charge is 0.255 e. The Hall–Kier alpha value is -2.34. The molecule has 1 amide bonds. The van der Waals surface area contributed by atoms with E-state index >= 15 is 0 Å². The Labute approximate surface area is 129 Å². The van der Waals surface area contributed by atoms with E-state index in [1.165, 1.54) is 6.33 Å². The van der Waals surface area contributed by atoms with E-state index in [9.17, 15) is 4.79 Å². The van der Waals surface area contributed by atoms with Gasteiger partial charge in [0.1, 0.15) is 6.33 Å². The minimum Gasteiger partial charge on any atom is -0.337 e. The average molecular weight is 297 g/mol. The van der Waals surface area contributed by atoms with Crippen molar-refractivity contribution >= 4 is 5.91 Å². The minimum absolute atomic E-state index is 0.0543. The first kappa shape index (κ1) is 14.6. The van der Waals surface area contributed by atoms with E-state index in [1.807, 2.05) is 17.0 Å². The Morgan fingerprint density at radius 1 is 1.05 bits per heavy atom. The van der Waals surface area contributed by atoms with Crippen molar-refractivity contribution in [2.45, 2.75) is 6.42 Å². The van der Waals surface area contributed by atoms with Gasteiger partial charge in [-0.1, -0.05) is 0 Å². The summed E-state index contributed by atoms with van der Waals surface area (Å²) in [5.41, 5.74) is 2.25. The van der Waals surface area contributed by atoms with E-state index < -0.39 is 0 Å². The van der Waals surface area contributed by atoms with Gasteiger partial charge in [0.15, 0.2) is 0 Å². The summed E-state index contributed by atoms with van der Waals surface area (Å²) in [6.07, 6.45) is 7.55. The number of amides is 1. The second kappa shape index (κ2) is 6.62. The summed E-state index contributed by atoms with van der Waals surface area (Å²) in [6, 6.07) is 3.67. The van der Waals surface area contributed by atoms with Crippen molar-refractivity contribution in [2.75, 3.05) is 33.2 Å². The Bertz CT molecular complexity index is 629. The average Bonchev–Trinajstić information content (AvgIpc) is 2.80. The van der Waals surface area contributed by atoms with Crippen LogP contribution in [-0.2, 0) is 0 Å². The molecule has 1 fully saturated rings. The standard InChI is InChI=1S/C16H19N5O/c1-20-5-2-6-21(8-7-20)16(22)13-3-4-15(19-11-13)14-9-17-12-18-10-14/h3-4,9-12H,2,5-8H2,1H3. The molecule has 0 spiro atoms. The zero-order valence-electron chi connectivity index (χ0n) is 12.6. The van der Waals surface area contributed by atoms with Crippen molar-refractivity contribution in [1.29, 1.82) is 0 Å². The highest BCUT2D eigenvalue weighted by molar-refractivity contribution is 5.94. The van der Waals surface area contributed by atoms with Crippen LogP contribution < -0.4 is 0 Å². The molecule has 0 aliphatic carbocycles. The Balaban J connectivity index is 1.73. The fourth-order valence-corrected chi connectivity index (χ4v) is 2.55. The molecule has 2 aromatic rings. The van der Waals surface area contributed by atoms with Gasteiger partial charge in [-0.05, 0) is 32.1 Å². The van der Waals surface area contributed by atoms with Crippen molar-refractivity contribution in [3.63, 3.8) is 0 Å². The molecule has 114 valence electrons. The molecule has 1 aliphatic rings. The summed E-state index contributed by atoms with van der Waals surface area (Å²) in [6.45, 7) is 3.52. The summed E-state index contributed by atoms with van der Waals surface area (Å²) in [5, 5.41) is 0. The Morgan fingerprint density at radius 3 is 2.59 bits per heavy atom. The quantitative estimate of drug-likeness (QED) is 0.836. The van der Waals surface area contributed by atoms with Gasteiger partial charge in [0.2, 0.25) is 0 Å². The van der Waals surface area contributed by atoms with Crippen LogP contribution in [0.4, 0.5) is 0 Å². The van der Waals surface area contributed by atoms with Gasteiger partial charge in [-0.3, -0.25) is 9.78 Å². The molecule has 0 bridgehead atoms. The lowest BCUT2D eigenvalue weighted by molar-refractivity contribution is 0.0762. The number of carbonyl (C=O) groups excluding carboxylic acids is 1. The van der Waals surface area contributed by atoms with E-state index in [2.05, 4.69) is 26.9 Å². The van der Waals surface area contributed by atoms with E-state index in [1.54, 1.807) is 18.6 Å². The van der Waals surface area contributed by atoms with Gasteiger partial charge in [0.05, 0.1) is 11.3 Å². The van der Waals surface area contributed by atoms with Crippen molar-refractivity contribution in [3.8, 4) is 11.3 Å². The molecule has 0 radical (unpaired) electrons. The molecule has 0 aromatic carbocycles. The van der Waals surface area contributed by atoms with Crippen LogP contribution in [0.25, 0.3) is 11.3 Å². The molecular weight excluding hydrogens is 278 g/mol. The molecule has 22 heavy (non-hydrogen) atoms. The van der Waals surface area contributed by atoms with Crippen LogP contribution in [0, 0.1) is 0 Å². The van der Waals surface area contributed by atoms with Crippen LogP contribution in [0.3, 0.4) is 0 Å². The van der Waals surface area contributed by atoms with Gasteiger partial charge in [-0.25, -0.2) is 9.97 Å². The van der Waals surface area contributed by atoms with Gasteiger partial charge in [0.25, 0.3) is 5.91 Å². The fraction of sp³-hybridized carbons (Fsp3) is 0.375. The lowest BCUT2D eigenvalue weighted by Crippen LogP contribution is -2.34. The molecule has 3 heterocycles. The second-order valence-corrected chi connectivity index (χ2v) is 5.51. The molecule has 3 rings (SSSR count). The van der Waals surface area contributed by atoms with Gasteiger partial charge < -0.3 is 9.80 Å². The lowest BCUT2D eigenvalue weighted by Gasteiger charge is -2.20. The third-order valence-electron chi connectivity index (χ3n) is 3.87. The van der Waals surface area contributed by atoms with Gasteiger partial charge in [-0.15, -0.1) is 0 Å². The maximum atomic E-state index is 12.5. The highest BCUT2D eigenvalue weighted by atomic mass is 16.2. The summed E-state index contributed by atoms with van der Waals surface area (Å²) in [5.74, 6) is 0.0543. The first-order valence-electron chi connectivity index (χ1n) is 7.43. The Kier molecular flexibility index (Phi) is 4.39. The van der Waals surface area contributed by atoms with Crippen molar-refractivity contribution in [1.82, 2.24) is 24.8 Å². The molecule has 2 aromatic heterocycles. The van der Waals surface area contributed by atoms with E-state index in [-0.39, 0.29) is 5.91 Å². The molecule has 6 heteroatoms. The predicted molar refractivity (Wildman–Crippen MR) is 83.3 cm³/mol. The summed E-state index contributed by atoms with van der Waals surface area (Å²) >= 11 is 0. The number of hydrogen-bond acceptors (Lipinski definition) is 5. The van der Waals surface area contributed by atoms with Gasteiger partial charge in [-0.2, -0.15) is 0 Å². The van der Waals surface area contributed by atoms with Crippen LogP contribution in [0.2, 0.25) is 0 Å². The highest BCUT2D eigenvalue weighted by Crippen LogP contribution is 2.15. The molecule has 6 nitrogen and oxygen atoms in total. The largest absolute Gasteiger partial charge is 0.337 e. The predicted octanol–water partition coefficient (Wildman–Crippen LogP) is 1.32. The number of likely N-dealkylation sites (N-methyl/N-ethyl adjacent to an activating group) is 1. The van der Waals surface area contributed by atoms with E-state index in [0.29, 0.717) is 5.56 Å². The van der Waals surface area contributed by atoms with Crippen LogP contribution in [0.1, 0.15) is 16.8 Å². The molecular formula is C16H19N5O. The first-order valence-corrected chi connectivity index (χ1v) is 7.43. The number of aromatic nitrogens is 3. The summed E-state index contributed by atoms with van der Waals surface area (Å²) in [4.78, 5) is 29.0. The van der Waals surface area contributed by atoms with Crippen molar-refractivity contribution < 1.29 is 4.79 Å². The molecule has 0 saturated carbocycles. The third-order valence-corrected chi connectivity index (χ3v) is 3.87. The van der Waals surface area contributed by atoms with Crippen LogP contribution in [0.15, 0.2) is 37.1 Å². The second-order valence-electron chi connectivity index (χ2n) is 5.51. The normalized spacial score (nSPS) is 16.3. The summed E-state index contributed by atoms with van der Waals surface area (Å²) < 4.78 is 0. The zero-order chi connectivity index (χ0) is 15.4. The number of carbonyl (C=O) groups is 1. The molecule has 0 N–H and O–H groups in total. The lowest BCUT2D eigenvalue weighted by atomic mass is 10.1. The van der Waals surface area contributed by atoms with E-state index in [0.717, 1.165) is 43.9 Å². The number of nitrogens with zero attached hydrogens (tertiary/aromatic N) is 5. The maximum absolute atomic E-state index is 12.5. The first-order chi connectivity index (χ1) is 10.7. The number of rotatable bonds is 2. The topological polar surface area (TPSA) is 62.2 Å². The van der Waals surface area contributed by atoms with Crippen LogP contribution in [-0.4, -0.2) is 63.9 Å². The maximum Gasteiger partial charge on any atom is 0.255 e. The monoisotopic (exact) mass is 297 g/mol. The number of pyridine rings is 1. The molecule has 0 unspecified atom stereocenters. The summed E-state index contributed by atoms with van der Waals surface area (Å²) in [7, 11) is 2.09. The highest BCUT2D eigenvalue weighted by Gasteiger charge is 2.19. The van der Waals surface area contributed by atoms with Crippen LogP contribution >= 0.6 is 0 Å². The Morgan fingerprint density at radius 2 is 1.86 bits per heavy atom. The van der Waals surface area contributed by atoms with E-state index in [4.69, 9.17) is 0 Å². The van der Waals surface area contributed by atoms with Gasteiger partial charge >= 0.3 is 0 Å². The van der Waals surface area contributed by atoms with Crippen LogP contribution in [0.5, 0.6) is 0 Å². The SMILES string of the molecule is CN1CCCN(C(=O)c2ccc(-c3cncnc3)nc2)CC1. The fourth-order valence-electron chi connectivity index (χ4n) is 2.55. The number of hydrogen-bond donors (Lipinski definition) is 0. The third kappa shape index (κ3) is 3.28. The molecule has 1 saturated heterocycles. The molecule has 0 atom stereocenters.